The number of nitrogens with two attached hydrogens (primary N) is 1. The molecule has 0 radical (unpaired) electrons. The summed E-state index contributed by atoms with van der Waals surface area (Å²) < 4.78 is 33.8. The number of aliphatic hydroxyl groups is 1. The van der Waals surface area contributed by atoms with Crippen molar-refractivity contribution in [1.82, 2.24) is 9.80 Å². The summed E-state index contributed by atoms with van der Waals surface area (Å²) in [7, 11) is -3.84. The van der Waals surface area contributed by atoms with Crippen molar-refractivity contribution >= 4 is 16.2 Å². The van der Waals surface area contributed by atoms with Gasteiger partial charge < -0.3 is 15.6 Å². The van der Waals surface area contributed by atoms with E-state index in [1.807, 2.05) is 4.90 Å². The van der Waals surface area contributed by atoms with Gasteiger partial charge in [0.1, 0.15) is 0 Å². The molecule has 9 nitrogen and oxygen atoms in total. The van der Waals surface area contributed by atoms with Crippen LogP contribution in [0.2, 0.25) is 0 Å². The zero-order valence-electron chi connectivity index (χ0n) is 12.3. The lowest BCUT2D eigenvalue weighted by Crippen LogP contribution is -2.48. The molecule has 10 heteroatoms. The molecule has 0 spiro atoms. The minimum Gasteiger partial charge on any atom is -0.450 e. The van der Waals surface area contributed by atoms with Gasteiger partial charge in [0.2, 0.25) is 0 Å². The average Bonchev–Trinajstić information content (AvgIpc) is 2.38. The summed E-state index contributed by atoms with van der Waals surface area (Å²) in [4.78, 5) is 13.7. The zero-order chi connectivity index (χ0) is 16.3. The summed E-state index contributed by atoms with van der Waals surface area (Å²) in [6.07, 6.45) is -0.711. The number of piperazine rings is 1. The maximum atomic E-state index is 10.5. The summed E-state index contributed by atoms with van der Waals surface area (Å²) in [6.45, 7) is 6.52. The lowest BCUT2D eigenvalue weighted by molar-refractivity contribution is 0.116. The van der Waals surface area contributed by atoms with Crippen molar-refractivity contribution in [1.29, 1.82) is 0 Å². The third-order valence-corrected chi connectivity index (χ3v) is 3.53. The Balaban J connectivity index is 0.000000567. The highest BCUT2D eigenvalue weighted by atomic mass is 32.2. The number of nitrogens with zero attached hydrogens (tertiary/aromatic N) is 2. The van der Waals surface area contributed by atoms with Crippen LogP contribution in [-0.2, 0) is 14.9 Å². The number of primary amides is 1. The molecule has 0 aromatic rings. The van der Waals surface area contributed by atoms with Crippen molar-refractivity contribution in [2.24, 2.45) is 5.73 Å². The highest BCUT2D eigenvalue weighted by Gasteiger charge is 2.17. The number of carbonyl (C=O) groups is 1. The monoisotopic (exact) mass is 327 g/mol. The van der Waals surface area contributed by atoms with E-state index in [0.717, 1.165) is 26.2 Å². The molecule has 1 saturated heterocycles. The molecule has 1 amide bonds. The second-order valence-electron chi connectivity index (χ2n) is 4.44. The molecule has 1 rings (SSSR count). The largest absolute Gasteiger partial charge is 0.450 e. The predicted octanol–water partition coefficient (Wildman–Crippen LogP) is -1.41. The lowest BCUT2D eigenvalue weighted by Gasteiger charge is -2.33. The van der Waals surface area contributed by atoms with E-state index in [2.05, 4.69) is 15.4 Å². The number of ether oxygens (including phenoxy) is 1. The number of hydrogen-bond donors (Lipinski definition) is 3. The van der Waals surface area contributed by atoms with Crippen LogP contribution in [0.5, 0.6) is 0 Å². The van der Waals surface area contributed by atoms with Crippen LogP contribution in [0.4, 0.5) is 4.79 Å². The molecule has 0 unspecified atom stereocenters. The summed E-state index contributed by atoms with van der Waals surface area (Å²) in [5, 5.41) is 8.73. The first-order valence-electron chi connectivity index (χ1n) is 6.71. The fourth-order valence-corrected chi connectivity index (χ4v) is 2.25. The number of rotatable bonds is 6. The highest BCUT2D eigenvalue weighted by molar-refractivity contribution is 7.85. The number of carbonyl (C=O) groups excluding carboxylic acids is 1. The second kappa shape index (κ2) is 10.7. The van der Waals surface area contributed by atoms with Crippen LogP contribution in [0.25, 0.3) is 0 Å². The quantitative estimate of drug-likeness (QED) is 0.506. The normalized spacial score (nSPS) is 16.9. The third kappa shape index (κ3) is 12.5. The van der Waals surface area contributed by atoms with Crippen molar-refractivity contribution in [3.8, 4) is 0 Å². The van der Waals surface area contributed by atoms with Crippen LogP contribution in [0.1, 0.15) is 6.92 Å². The van der Waals surface area contributed by atoms with Crippen molar-refractivity contribution in [3.05, 3.63) is 0 Å². The van der Waals surface area contributed by atoms with Crippen LogP contribution in [0.15, 0.2) is 0 Å². The molecule has 0 aliphatic carbocycles. The highest BCUT2D eigenvalue weighted by Crippen LogP contribution is 2.01. The fraction of sp³-hybridized carbons (Fsp3) is 0.909. The van der Waals surface area contributed by atoms with E-state index >= 15 is 0 Å². The minimum atomic E-state index is -3.84. The maximum absolute atomic E-state index is 10.5. The molecule has 0 aromatic carbocycles. The standard InChI is InChI=1S/C8H18N2O4S.C3H7NO2/c11-7-5-9-1-3-10(4-2-9)6-8-15(12,13)14;1-2-6-3(4)5/h11H,1-8H2,(H,12,13,14);2H2,1H3,(H2,4,5). The third-order valence-electron chi connectivity index (χ3n) is 2.83. The van der Waals surface area contributed by atoms with Crippen molar-refractivity contribution in [2.45, 2.75) is 6.92 Å². The molecular weight excluding hydrogens is 302 g/mol. The van der Waals surface area contributed by atoms with Gasteiger partial charge in [-0.3, -0.25) is 14.4 Å². The molecule has 1 aliphatic rings. The van der Waals surface area contributed by atoms with Crippen LogP contribution < -0.4 is 5.73 Å². The van der Waals surface area contributed by atoms with Crippen LogP contribution in [-0.4, -0.2) is 92.2 Å². The van der Waals surface area contributed by atoms with Gasteiger partial charge >= 0.3 is 6.09 Å². The summed E-state index contributed by atoms with van der Waals surface area (Å²) in [5.41, 5.74) is 4.54. The topological polar surface area (TPSA) is 133 Å². The van der Waals surface area contributed by atoms with Crippen LogP contribution >= 0.6 is 0 Å². The predicted molar refractivity (Wildman–Crippen MR) is 77.6 cm³/mol. The molecule has 4 N–H and O–H groups in total. The number of amides is 1. The molecule has 21 heavy (non-hydrogen) atoms. The van der Waals surface area contributed by atoms with Gasteiger partial charge in [-0.25, -0.2) is 4.79 Å². The SMILES string of the molecule is CCOC(N)=O.O=S(=O)(O)CCN1CCN(CCO)CC1. The first-order chi connectivity index (χ1) is 9.78. The van der Waals surface area contributed by atoms with Gasteiger partial charge in [-0.2, -0.15) is 8.42 Å². The smallest absolute Gasteiger partial charge is 0.404 e. The number of aliphatic hydroxyl groups excluding tert-OH is 1. The molecule has 0 atom stereocenters. The molecule has 0 bridgehead atoms. The van der Waals surface area contributed by atoms with Crippen LogP contribution in [0.3, 0.4) is 0 Å². The second-order valence-corrected chi connectivity index (χ2v) is 6.02. The summed E-state index contributed by atoms with van der Waals surface area (Å²) >= 11 is 0. The Hall–Kier alpha value is -0.940. The molecule has 0 aromatic heterocycles. The van der Waals surface area contributed by atoms with E-state index in [-0.39, 0.29) is 12.4 Å². The van der Waals surface area contributed by atoms with E-state index in [1.54, 1.807) is 6.92 Å². The summed E-state index contributed by atoms with van der Waals surface area (Å²) in [5.74, 6) is -0.201. The van der Waals surface area contributed by atoms with Gasteiger partial charge in [-0.1, -0.05) is 0 Å². The lowest BCUT2D eigenvalue weighted by atomic mass is 10.3. The summed E-state index contributed by atoms with van der Waals surface area (Å²) in [6, 6.07) is 0. The van der Waals surface area contributed by atoms with Gasteiger partial charge in [0.15, 0.2) is 0 Å². The molecular formula is C11H25N3O6S. The van der Waals surface area contributed by atoms with E-state index in [1.165, 1.54) is 0 Å². The first-order valence-corrected chi connectivity index (χ1v) is 8.32. The molecule has 0 saturated carbocycles. The molecule has 1 aliphatic heterocycles. The average molecular weight is 327 g/mol. The maximum Gasteiger partial charge on any atom is 0.404 e. The fourth-order valence-electron chi connectivity index (χ4n) is 1.76. The number of hydrogen-bond acceptors (Lipinski definition) is 7. The zero-order valence-corrected chi connectivity index (χ0v) is 13.1. The van der Waals surface area contributed by atoms with Gasteiger partial charge in [-0.05, 0) is 6.92 Å². The molecule has 1 fully saturated rings. The van der Waals surface area contributed by atoms with Crippen LogP contribution in [0, 0.1) is 0 Å². The van der Waals surface area contributed by atoms with Crippen molar-refractivity contribution in [3.63, 3.8) is 0 Å². The van der Waals surface area contributed by atoms with Crippen molar-refractivity contribution < 1.29 is 27.6 Å². The van der Waals surface area contributed by atoms with Gasteiger partial charge in [0.05, 0.1) is 19.0 Å². The Morgan fingerprint density at radius 1 is 1.19 bits per heavy atom. The van der Waals surface area contributed by atoms with Gasteiger partial charge in [0.25, 0.3) is 10.1 Å². The van der Waals surface area contributed by atoms with Gasteiger partial charge in [0, 0.05) is 39.3 Å². The van der Waals surface area contributed by atoms with E-state index < -0.39 is 16.2 Å². The Morgan fingerprint density at radius 2 is 1.67 bits per heavy atom. The van der Waals surface area contributed by atoms with Crippen molar-refractivity contribution in [2.75, 3.05) is 58.2 Å². The molecule has 126 valence electrons. The van der Waals surface area contributed by atoms with E-state index in [4.69, 9.17) is 9.66 Å². The Morgan fingerprint density at radius 3 is 1.95 bits per heavy atom. The first kappa shape index (κ1) is 20.1. The van der Waals surface area contributed by atoms with E-state index in [0.29, 0.717) is 19.7 Å². The van der Waals surface area contributed by atoms with E-state index in [9.17, 15) is 13.2 Å². The Kier molecular flexibility index (Phi) is 10.3. The molecule has 1 heterocycles. The number of β-amino-alcohol motifs (C(OH)–C–C–N with tert-alkyl or cyclic N) is 1. The minimum absolute atomic E-state index is 0.158. The Labute approximate surface area is 125 Å². The van der Waals surface area contributed by atoms with Gasteiger partial charge in [-0.15, -0.1) is 0 Å². The Bertz CT molecular complexity index is 381.